The number of hydrogen-bond donors (Lipinski definition) is 1. The van der Waals surface area contributed by atoms with Gasteiger partial charge in [-0.2, -0.15) is 0 Å². The van der Waals surface area contributed by atoms with E-state index in [1.165, 1.54) is 5.56 Å². The molecule has 25 heavy (non-hydrogen) atoms. The van der Waals surface area contributed by atoms with Crippen LogP contribution in [-0.4, -0.2) is 17.7 Å². The Morgan fingerprint density at radius 1 is 1.28 bits per heavy atom. The van der Waals surface area contributed by atoms with E-state index >= 15 is 0 Å². The van der Waals surface area contributed by atoms with Crippen LogP contribution in [0.25, 0.3) is 0 Å². The molecule has 0 bridgehead atoms. The van der Waals surface area contributed by atoms with Gasteiger partial charge in [0.2, 0.25) is 0 Å². The lowest BCUT2D eigenvalue weighted by Crippen LogP contribution is -2.10. The molecule has 2 atom stereocenters. The van der Waals surface area contributed by atoms with E-state index in [0.29, 0.717) is 6.61 Å². The fraction of sp³-hybridized carbons (Fsp3) is 0.350. The predicted octanol–water partition coefficient (Wildman–Crippen LogP) is 4.96. The molecule has 5 heteroatoms. The van der Waals surface area contributed by atoms with E-state index in [4.69, 9.17) is 26.2 Å². The van der Waals surface area contributed by atoms with Gasteiger partial charge in [0.05, 0.1) is 12.5 Å². The van der Waals surface area contributed by atoms with E-state index in [0.717, 1.165) is 34.7 Å². The lowest BCUT2D eigenvalue weighted by Gasteiger charge is -2.18. The number of carbonyl (C=O) groups is 1. The topological polar surface area (TPSA) is 55.8 Å². The molecular weight excluding hydrogens is 340 g/mol. The van der Waals surface area contributed by atoms with Crippen molar-refractivity contribution in [3.8, 4) is 5.75 Å². The first-order chi connectivity index (χ1) is 12.1. The molecule has 0 fully saturated rings. The van der Waals surface area contributed by atoms with Crippen molar-refractivity contribution in [2.75, 3.05) is 6.61 Å². The highest BCUT2D eigenvalue weighted by Crippen LogP contribution is 2.38. The minimum absolute atomic E-state index is 0.00117. The fourth-order valence-electron chi connectivity index (χ4n) is 3.25. The van der Waals surface area contributed by atoms with Crippen molar-refractivity contribution in [3.05, 3.63) is 64.2 Å². The molecule has 0 heterocycles. The summed E-state index contributed by atoms with van der Waals surface area (Å²) in [5, 5.41) is 9.81. The summed E-state index contributed by atoms with van der Waals surface area (Å²) >= 11 is 6.25. The molecular formula is C20H21ClO4. The van der Waals surface area contributed by atoms with Gasteiger partial charge in [-0.15, -0.1) is 0 Å². The Morgan fingerprint density at radius 2 is 2.04 bits per heavy atom. The fourth-order valence-corrected chi connectivity index (χ4v) is 3.53. The maximum atomic E-state index is 11.0. The lowest BCUT2D eigenvalue weighted by atomic mass is 10.1. The Morgan fingerprint density at radius 3 is 2.72 bits per heavy atom. The van der Waals surface area contributed by atoms with Crippen molar-refractivity contribution >= 4 is 17.6 Å². The Labute approximate surface area is 152 Å². The van der Waals surface area contributed by atoms with Crippen LogP contribution < -0.4 is 4.74 Å². The zero-order valence-corrected chi connectivity index (χ0v) is 14.8. The molecule has 2 aromatic rings. The number of hydrogen-bond acceptors (Lipinski definition) is 3. The van der Waals surface area contributed by atoms with E-state index in [2.05, 4.69) is 6.07 Å². The van der Waals surface area contributed by atoms with Gasteiger partial charge in [0, 0.05) is 11.6 Å². The largest absolute Gasteiger partial charge is 0.486 e. The first-order valence-electron chi connectivity index (χ1n) is 8.45. The molecule has 3 rings (SSSR count). The standard InChI is InChI=1S/C20H21ClO4/c1-2-24-19(12-20(22)23)13-6-8-14(9-7-13)25-18-11-10-15-16(18)4-3-5-17(15)21/h3-9,18-19H,2,10-12H2,1H3,(H,22,23)/t18-,19-/m0/s1. The molecule has 1 aliphatic carbocycles. The molecule has 0 aliphatic heterocycles. The average molecular weight is 361 g/mol. The van der Waals surface area contributed by atoms with Crippen LogP contribution in [0.15, 0.2) is 42.5 Å². The van der Waals surface area contributed by atoms with Gasteiger partial charge in [0.15, 0.2) is 0 Å². The Kier molecular flexibility index (Phi) is 5.61. The van der Waals surface area contributed by atoms with Gasteiger partial charge in [-0.05, 0) is 54.7 Å². The molecule has 0 spiro atoms. The van der Waals surface area contributed by atoms with E-state index in [-0.39, 0.29) is 12.5 Å². The number of carboxylic acids is 1. The van der Waals surface area contributed by atoms with Gasteiger partial charge >= 0.3 is 5.97 Å². The second-order valence-electron chi connectivity index (χ2n) is 6.06. The lowest BCUT2D eigenvalue weighted by molar-refractivity contribution is -0.140. The zero-order chi connectivity index (χ0) is 17.8. The van der Waals surface area contributed by atoms with Crippen LogP contribution in [0, 0.1) is 0 Å². The van der Waals surface area contributed by atoms with Crippen LogP contribution >= 0.6 is 11.6 Å². The SMILES string of the molecule is CCO[C@@H](CC(=O)O)c1ccc(O[C@H]2CCc3c(Cl)cccc32)cc1. The summed E-state index contributed by atoms with van der Waals surface area (Å²) in [6.07, 6.45) is 1.33. The second kappa shape index (κ2) is 7.89. The third-order valence-electron chi connectivity index (χ3n) is 4.42. The summed E-state index contributed by atoms with van der Waals surface area (Å²) in [6, 6.07) is 13.4. The van der Waals surface area contributed by atoms with Crippen molar-refractivity contribution in [1.82, 2.24) is 0 Å². The molecule has 0 amide bonds. The van der Waals surface area contributed by atoms with Crippen molar-refractivity contribution in [2.45, 2.75) is 38.4 Å². The first kappa shape index (κ1) is 17.8. The summed E-state index contributed by atoms with van der Waals surface area (Å²) in [7, 11) is 0. The van der Waals surface area contributed by atoms with Crippen LogP contribution in [-0.2, 0) is 16.0 Å². The summed E-state index contributed by atoms with van der Waals surface area (Å²) in [4.78, 5) is 11.0. The Balaban J connectivity index is 1.71. The van der Waals surface area contributed by atoms with Gasteiger partial charge in [0.1, 0.15) is 11.9 Å². The van der Waals surface area contributed by atoms with Crippen LogP contribution in [0.1, 0.15) is 48.7 Å². The Bertz CT molecular complexity index is 742. The van der Waals surface area contributed by atoms with Crippen LogP contribution in [0.2, 0.25) is 5.02 Å². The third-order valence-corrected chi connectivity index (χ3v) is 4.77. The zero-order valence-electron chi connectivity index (χ0n) is 14.1. The molecule has 4 nitrogen and oxygen atoms in total. The predicted molar refractivity (Wildman–Crippen MR) is 96.2 cm³/mol. The van der Waals surface area contributed by atoms with Gasteiger partial charge in [-0.1, -0.05) is 35.9 Å². The summed E-state index contributed by atoms with van der Waals surface area (Å²) < 4.78 is 11.7. The molecule has 2 aromatic carbocycles. The van der Waals surface area contributed by atoms with Gasteiger partial charge in [-0.3, -0.25) is 4.79 Å². The number of aliphatic carboxylic acids is 1. The first-order valence-corrected chi connectivity index (χ1v) is 8.83. The van der Waals surface area contributed by atoms with Crippen molar-refractivity contribution in [3.63, 3.8) is 0 Å². The maximum Gasteiger partial charge on any atom is 0.306 e. The van der Waals surface area contributed by atoms with Gasteiger partial charge in [0.25, 0.3) is 0 Å². The monoisotopic (exact) mass is 360 g/mol. The normalized spacial score (nSPS) is 17.1. The second-order valence-corrected chi connectivity index (χ2v) is 6.47. The highest BCUT2D eigenvalue weighted by molar-refractivity contribution is 6.31. The molecule has 0 saturated carbocycles. The third kappa shape index (κ3) is 4.14. The number of rotatable bonds is 7. The molecule has 0 radical (unpaired) electrons. The van der Waals surface area contributed by atoms with E-state index in [9.17, 15) is 4.79 Å². The van der Waals surface area contributed by atoms with Crippen molar-refractivity contribution in [2.24, 2.45) is 0 Å². The number of halogens is 1. The number of benzene rings is 2. The average Bonchev–Trinajstić information content (AvgIpc) is 2.99. The minimum Gasteiger partial charge on any atom is -0.486 e. The van der Waals surface area contributed by atoms with Crippen LogP contribution in [0.3, 0.4) is 0 Å². The Hall–Kier alpha value is -2.04. The van der Waals surface area contributed by atoms with Crippen molar-refractivity contribution < 1.29 is 19.4 Å². The molecule has 0 aromatic heterocycles. The molecule has 1 N–H and O–H groups in total. The quantitative estimate of drug-likeness (QED) is 0.758. The molecule has 1 aliphatic rings. The number of ether oxygens (including phenoxy) is 2. The molecule has 132 valence electrons. The highest BCUT2D eigenvalue weighted by atomic mass is 35.5. The smallest absolute Gasteiger partial charge is 0.306 e. The highest BCUT2D eigenvalue weighted by Gasteiger charge is 2.25. The minimum atomic E-state index is -0.877. The summed E-state index contributed by atoms with van der Waals surface area (Å²) in [5.74, 6) is -0.120. The maximum absolute atomic E-state index is 11.0. The van der Waals surface area contributed by atoms with E-state index in [1.807, 2.05) is 43.3 Å². The van der Waals surface area contributed by atoms with E-state index in [1.54, 1.807) is 0 Å². The van der Waals surface area contributed by atoms with Gasteiger partial charge < -0.3 is 14.6 Å². The number of carboxylic acid groups (broad SMARTS) is 1. The molecule has 0 unspecified atom stereocenters. The number of fused-ring (bicyclic) bond motifs is 1. The summed E-state index contributed by atoms with van der Waals surface area (Å²) in [6.45, 7) is 2.32. The van der Waals surface area contributed by atoms with Crippen LogP contribution in [0.4, 0.5) is 0 Å². The van der Waals surface area contributed by atoms with Crippen LogP contribution in [0.5, 0.6) is 5.75 Å². The van der Waals surface area contributed by atoms with E-state index < -0.39 is 12.1 Å². The summed E-state index contributed by atoms with van der Waals surface area (Å²) in [5.41, 5.74) is 3.16. The molecule has 0 saturated heterocycles. The van der Waals surface area contributed by atoms with Gasteiger partial charge in [-0.25, -0.2) is 0 Å². The van der Waals surface area contributed by atoms with Crippen molar-refractivity contribution in [1.29, 1.82) is 0 Å².